The molecule has 0 heterocycles. The van der Waals surface area contributed by atoms with Crippen LogP contribution >= 0.6 is 0 Å². The van der Waals surface area contributed by atoms with Gasteiger partial charge in [-0.05, 0) is 73.6 Å². The summed E-state index contributed by atoms with van der Waals surface area (Å²) in [4.78, 5) is 0. The Bertz CT molecular complexity index is 501. The summed E-state index contributed by atoms with van der Waals surface area (Å²) in [6.45, 7) is 18.4. The lowest BCUT2D eigenvalue weighted by atomic mass is 10.1. The van der Waals surface area contributed by atoms with Crippen molar-refractivity contribution in [3.05, 3.63) is 53.2 Å². The molecule has 0 rings (SSSR count). The van der Waals surface area contributed by atoms with Gasteiger partial charge >= 0.3 is 0 Å². The third kappa shape index (κ3) is 18.3. The van der Waals surface area contributed by atoms with Crippen molar-refractivity contribution >= 4 is 0 Å². The van der Waals surface area contributed by atoms with Crippen LogP contribution in [0.5, 0.6) is 0 Å². The van der Waals surface area contributed by atoms with E-state index < -0.39 is 0 Å². The van der Waals surface area contributed by atoms with Crippen LogP contribution in [0.3, 0.4) is 0 Å². The highest BCUT2D eigenvalue weighted by molar-refractivity contribution is 5.03. The molecule has 0 aromatic rings. The molecular formula is C26H45O2. The normalized spacial score (nSPS) is 13.4. The van der Waals surface area contributed by atoms with Crippen molar-refractivity contribution in [1.29, 1.82) is 0 Å². The zero-order valence-corrected chi connectivity index (χ0v) is 19.6. The number of hydrogen-bond acceptors (Lipinski definition) is 2. The molecule has 2 nitrogen and oxygen atoms in total. The molecule has 0 aliphatic rings. The molecule has 1 atom stereocenters. The Morgan fingerprint density at radius 2 is 1.29 bits per heavy atom. The summed E-state index contributed by atoms with van der Waals surface area (Å²) in [6.07, 6.45) is 16.7. The standard InChI is InChI=1S/C26H45O2/c1-8-11-26(28-21-17-25(7)15-10-13-23(4)5)18-20-27-19-16-24(6)14-9-12-22(2)3/h12-13,16-17,20,26H,8-11,14-15,18-19,21H2,1-7H3/b24-16+,25-17+. The van der Waals surface area contributed by atoms with Crippen LogP contribution in [0.4, 0.5) is 0 Å². The van der Waals surface area contributed by atoms with Crippen molar-refractivity contribution in [3.8, 4) is 0 Å². The summed E-state index contributed by atoms with van der Waals surface area (Å²) in [5.41, 5.74) is 5.57. The Morgan fingerprint density at radius 1 is 0.750 bits per heavy atom. The van der Waals surface area contributed by atoms with Crippen LogP contribution in [0, 0.1) is 6.61 Å². The molecule has 0 aliphatic carbocycles. The zero-order valence-electron chi connectivity index (χ0n) is 19.6. The molecule has 1 unspecified atom stereocenters. The van der Waals surface area contributed by atoms with E-state index in [0.717, 1.165) is 44.9 Å². The topological polar surface area (TPSA) is 18.5 Å². The van der Waals surface area contributed by atoms with Crippen molar-refractivity contribution in [2.75, 3.05) is 13.2 Å². The number of rotatable bonds is 16. The second-order valence-electron chi connectivity index (χ2n) is 8.22. The third-order valence-corrected chi connectivity index (χ3v) is 4.56. The molecule has 1 radical (unpaired) electrons. The monoisotopic (exact) mass is 389 g/mol. The molecule has 0 amide bonds. The number of allylic oxidation sites excluding steroid dienone is 6. The molecule has 0 fully saturated rings. The summed E-state index contributed by atoms with van der Waals surface area (Å²) in [7, 11) is 0. The summed E-state index contributed by atoms with van der Waals surface area (Å²) in [6, 6.07) is 0. The van der Waals surface area contributed by atoms with Crippen LogP contribution in [0.15, 0.2) is 46.6 Å². The van der Waals surface area contributed by atoms with Gasteiger partial charge in [-0.3, -0.25) is 0 Å². The van der Waals surface area contributed by atoms with Crippen molar-refractivity contribution < 1.29 is 9.47 Å². The SMILES string of the molecule is CCCC(C[CH]OC/C=C(\C)CCC=C(C)C)OC/C=C(\C)CCC=C(C)C. The van der Waals surface area contributed by atoms with Crippen molar-refractivity contribution in [2.45, 2.75) is 99.5 Å². The lowest BCUT2D eigenvalue weighted by Gasteiger charge is -2.16. The molecule has 0 saturated carbocycles. The van der Waals surface area contributed by atoms with Crippen LogP contribution < -0.4 is 0 Å². The second kappa shape index (κ2) is 17.9. The maximum absolute atomic E-state index is 6.06. The molecule has 161 valence electrons. The highest BCUT2D eigenvalue weighted by atomic mass is 16.5. The van der Waals surface area contributed by atoms with Gasteiger partial charge in [-0.25, -0.2) is 0 Å². The van der Waals surface area contributed by atoms with Crippen molar-refractivity contribution in [1.82, 2.24) is 0 Å². The molecule has 0 aliphatic heterocycles. The van der Waals surface area contributed by atoms with Gasteiger partial charge in [-0.15, -0.1) is 0 Å². The van der Waals surface area contributed by atoms with E-state index in [9.17, 15) is 0 Å². The van der Waals surface area contributed by atoms with Crippen LogP contribution in [-0.4, -0.2) is 19.3 Å². The first-order valence-corrected chi connectivity index (χ1v) is 11.0. The van der Waals surface area contributed by atoms with E-state index >= 15 is 0 Å². The van der Waals surface area contributed by atoms with E-state index in [1.54, 1.807) is 0 Å². The number of ether oxygens (including phenoxy) is 2. The molecular weight excluding hydrogens is 344 g/mol. The third-order valence-electron chi connectivity index (χ3n) is 4.56. The maximum Gasteiger partial charge on any atom is 0.0866 e. The van der Waals surface area contributed by atoms with Gasteiger partial charge in [0.1, 0.15) is 0 Å². The first-order valence-electron chi connectivity index (χ1n) is 11.0. The van der Waals surface area contributed by atoms with Gasteiger partial charge in [0.2, 0.25) is 0 Å². The van der Waals surface area contributed by atoms with E-state index in [2.05, 4.69) is 72.8 Å². The molecule has 0 N–H and O–H groups in total. The van der Waals surface area contributed by atoms with Gasteiger partial charge in [0.05, 0.1) is 25.9 Å². The Hall–Kier alpha value is -1.12. The Balaban J connectivity index is 4.05. The Labute approximate surface area is 175 Å². The fraction of sp³-hybridized carbons (Fsp3) is 0.654. The van der Waals surface area contributed by atoms with Crippen molar-refractivity contribution in [2.24, 2.45) is 0 Å². The Kier molecular flexibility index (Phi) is 17.2. The lowest BCUT2D eigenvalue weighted by Crippen LogP contribution is -2.14. The molecule has 0 aromatic heterocycles. The molecule has 0 aromatic carbocycles. The largest absolute Gasteiger partial charge is 0.374 e. The summed E-state index contributed by atoms with van der Waals surface area (Å²) >= 11 is 0. The molecule has 0 spiro atoms. The van der Waals surface area contributed by atoms with E-state index in [0.29, 0.717) is 13.2 Å². The van der Waals surface area contributed by atoms with Gasteiger partial charge in [-0.2, -0.15) is 0 Å². The predicted octanol–water partition coefficient (Wildman–Crippen LogP) is 8.13. The zero-order chi connectivity index (χ0) is 21.2. The maximum atomic E-state index is 6.06. The van der Waals surface area contributed by atoms with E-state index in [1.807, 2.05) is 6.61 Å². The van der Waals surface area contributed by atoms with Crippen LogP contribution in [0.25, 0.3) is 0 Å². The first kappa shape index (κ1) is 26.9. The highest BCUT2D eigenvalue weighted by Gasteiger charge is 2.07. The summed E-state index contributed by atoms with van der Waals surface area (Å²) < 4.78 is 11.8. The van der Waals surface area contributed by atoms with Gasteiger partial charge < -0.3 is 9.47 Å². The van der Waals surface area contributed by atoms with Gasteiger partial charge in [-0.1, -0.05) is 59.9 Å². The fourth-order valence-electron chi connectivity index (χ4n) is 2.73. The van der Waals surface area contributed by atoms with Gasteiger partial charge in [0.15, 0.2) is 0 Å². The van der Waals surface area contributed by atoms with E-state index in [4.69, 9.17) is 9.47 Å². The van der Waals surface area contributed by atoms with Gasteiger partial charge in [0, 0.05) is 6.42 Å². The average molecular weight is 390 g/mol. The molecule has 0 bridgehead atoms. The van der Waals surface area contributed by atoms with Crippen molar-refractivity contribution in [3.63, 3.8) is 0 Å². The minimum absolute atomic E-state index is 0.245. The molecule has 28 heavy (non-hydrogen) atoms. The highest BCUT2D eigenvalue weighted by Crippen LogP contribution is 2.12. The van der Waals surface area contributed by atoms with Crippen LogP contribution in [0.1, 0.15) is 93.4 Å². The molecule has 0 saturated heterocycles. The summed E-state index contributed by atoms with van der Waals surface area (Å²) in [5, 5.41) is 0. The smallest absolute Gasteiger partial charge is 0.0866 e. The second-order valence-corrected chi connectivity index (χ2v) is 8.22. The number of hydrogen-bond donors (Lipinski definition) is 0. The quantitative estimate of drug-likeness (QED) is 0.196. The van der Waals surface area contributed by atoms with Gasteiger partial charge in [0.25, 0.3) is 0 Å². The minimum Gasteiger partial charge on any atom is -0.374 e. The Morgan fingerprint density at radius 3 is 1.79 bits per heavy atom. The summed E-state index contributed by atoms with van der Waals surface area (Å²) in [5.74, 6) is 0. The minimum atomic E-state index is 0.245. The van der Waals surface area contributed by atoms with E-state index in [1.165, 1.54) is 22.3 Å². The first-order chi connectivity index (χ1) is 13.3. The molecule has 2 heteroatoms. The lowest BCUT2D eigenvalue weighted by molar-refractivity contribution is 0.0516. The predicted molar refractivity (Wildman–Crippen MR) is 124 cm³/mol. The van der Waals surface area contributed by atoms with E-state index in [-0.39, 0.29) is 6.10 Å². The van der Waals surface area contributed by atoms with Crippen LogP contribution in [-0.2, 0) is 9.47 Å². The van der Waals surface area contributed by atoms with Crippen LogP contribution in [0.2, 0.25) is 0 Å². The fourth-order valence-corrected chi connectivity index (χ4v) is 2.73. The average Bonchev–Trinajstić information content (AvgIpc) is 2.60.